The van der Waals surface area contributed by atoms with Gasteiger partial charge in [0, 0.05) is 22.8 Å². The average Bonchev–Trinajstić information content (AvgIpc) is 3.53. The van der Waals surface area contributed by atoms with Crippen LogP contribution in [0, 0.1) is 17.1 Å². The molecular formula is C32H25FN4O3S. The van der Waals surface area contributed by atoms with Crippen molar-refractivity contribution in [3.8, 4) is 6.07 Å². The number of halogens is 1. The number of dihydropyridines is 1. The summed E-state index contributed by atoms with van der Waals surface area (Å²) in [5.41, 5.74) is 2.89. The van der Waals surface area contributed by atoms with Gasteiger partial charge in [0.25, 0.3) is 5.91 Å². The van der Waals surface area contributed by atoms with Gasteiger partial charge >= 0.3 is 0 Å². The SMILES string of the molecule is CC1=C(C(=O)Nc2ccc(F)cc2)[C@@H](c2ccco2)C(C#N)=C(SCC(=O)N(c2ccccc2)c2ccccc2)N1. The number of para-hydroxylation sites is 2. The van der Waals surface area contributed by atoms with Crippen molar-refractivity contribution >= 4 is 40.6 Å². The topological polar surface area (TPSA) is 98.4 Å². The maximum absolute atomic E-state index is 13.6. The average molecular weight is 565 g/mol. The Balaban J connectivity index is 1.44. The summed E-state index contributed by atoms with van der Waals surface area (Å²) in [5, 5.41) is 16.7. The van der Waals surface area contributed by atoms with E-state index in [0.29, 0.717) is 22.2 Å². The van der Waals surface area contributed by atoms with Crippen molar-refractivity contribution in [1.82, 2.24) is 5.32 Å². The van der Waals surface area contributed by atoms with Gasteiger partial charge in [-0.1, -0.05) is 48.2 Å². The molecule has 41 heavy (non-hydrogen) atoms. The Hall–Kier alpha value is -5.07. The smallest absolute Gasteiger partial charge is 0.254 e. The number of carbonyl (C=O) groups excluding carboxylic acids is 2. The lowest BCUT2D eigenvalue weighted by molar-refractivity contribution is -0.115. The molecule has 0 radical (unpaired) electrons. The van der Waals surface area contributed by atoms with Crippen molar-refractivity contribution < 1.29 is 18.4 Å². The van der Waals surface area contributed by atoms with E-state index in [2.05, 4.69) is 16.7 Å². The number of benzene rings is 3. The van der Waals surface area contributed by atoms with Crippen LogP contribution >= 0.6 is 11.8 Å². The highest BCUT2D eigenvalue weighted by Crippen LogP contribution is 2.41. The van der Waals surface area contributed by atoms with E-state index in [9.17, 15) is 19.2 Å². The third-order valence-electron chi connectivity index (χ3n) is 6.44. The first-order valence-corrected chi connectivity index (χ1v) is 13.7. The number of nitriles is 1. The number of rotatable bonds is 8. The van der Waals surface area contributed by atoms with Gasteiger partial charge in [-0.15, -0.1) is 0 Å². The summed E-state index contributed by atoms with van der Waals surface area (Å²) >= 11 is 1.19. The third kappa shape index (κ3) is 6.08. The number of furan rings is 1. The van der Waals surface area contributed by atoms with Crippen LogP contribution in [0.25, 0.3) is 0 Å². The van der Waals surface area contributed by atoms with Crippen LogP contribution in [0.15, 0.2) is 130 Å². The van der Waals surface area contributed by atoms with E-state index in [1.807, 2.05) is 60.7 Å². The Bertz CT molecular complexity index is 1610. The lowest BCUT2D eigenvalue weighted by Gasteiger charge is -2.29. The van der Waals surface area contributed by atoms with Gasteiger partial charge in [0.15, 0.2) is 0 Å². The summed E-state index contributed by atoms with van der Waals surface area (Å²) in [7, 11) is 0. The van der Waals surface area contributed by atoms with Gasteiger partial charge in [-0.2, -0.15) is 5.26 Å². The van der Waals surface area contributed by atoms with E-state index < -0.39 is 17.6 Å². The fourth-order valence-corrected chi connectivity index (χ4v) is 5.53. The zero-order chi connectivity index (χ0) is 28.8. The second-order valence-corrected chi connectivity index (χ2v) is 10.1. The van der Waals surface area contributed by atoms with Gasteiger partial charge in [-0.25, -0.2) is 4.39 Å². The van der Waals surface area contributed by atoms with Crippen LogP contribution in [0.5, 0.6) is 0 Å². The van der Waals surface area contributed by atoms with Gasteiger partial charge in [0.1, 0.15) is 11.6 Å². The van der Waals surface area contributed by atoms with Gasteiger partial charge in [0.2, 0.25) is 5.91 Å². The third-order valence-corrected chi connectivity index (χ3v) is 7.44. The maximum Gasteiger partial charge on any atom is 0.254 e. The van der Waals surface area contributed by atoms with Gasteiger partial charge in [0.05, 0.1) is 40.2 Å². The van der Waals surface area contributed by atoms with E-state index in [0.717, 1.165) is 11.4 Å². The fourth-order valence-electron chi connectivity index (χ4n) is 4.59. The van der Waals surface area contributed by atoms with Crippen molar-refractivity contribution in [2.24, 2.45) is 0 Å². The zero-order valence-corrected chi connectivity index (χ0v) is 22.8. The molecule has 7 nitrogen and oxygen atoms in total. The predicted molar refractivity (Wildman–Crippen MR) is 157 cm³/mol. The summed E-state index contributed by atoms with van der Waals surface area (Å²) in [6, 6.07) is 29.7. The number of hydrogen-bond donors (Lipinski definition) is 2. The largest absolute Gasteiger partial charge is 0.468 e. The molecule has 2 amide bonds. The van der Waals surface area contributed by atoms with Crippen LogP contribution in [-0.4, -0.2) is 17.6 Å². The van der Waals surface area contributed by atoms with Crippen LogP contribution in [-0.2, 0) is 9.59 Å². The molecule has 0 spiro atoms. The van der Waals surface area contributed by atoms with E-state index >= 15 is 0 Å². The predicted octanol–water partition coefficient (Wildman–Crippen LogP) is 6.85. The summed E-state index contributed by atoms with van der Waals surface area (Å²) < 4.78 is 19.1. The second-order valence-electron chi connectivity index (χ2n) is 9.12. The summed E-state index contributed by atoms with van der Waals surface area (Å²) in [6.07, 6.45) is 1.48. The van der Waals surface area contributed by atoms with Crippen LogP contribution in [0.3, 0.4) is 0 Å². The molecule has 0 bridgehead atoms. The Morgan fingerprint density at radius 2 is 1.61 bits per heavy atom. The monoisotopic (exact) mass is 564 g/mol. The zero-order valence-electron chi connectivity index (χ0n) is 22.0. The Morgan fingerprint density at radius 1 is 0.976 bits per heavy atom. The molecule has 2 heterocycles. The van der Waals surface area contributed by atoms with Crippen LogP contribution in [0.4, 0.5) is 21.5 Å². The molecular weight excluding hydrogens is 539 g/mol. The van der Waals surface area contributed by atoms with Crippen molar-refractivity contribution in [3.63, 3.8) is 0 Å². The minimum atomic E-state index is -0.811. The lowest BCUT2D eigenvalue weighted by Crippen LogP contribution is -2.32. The molecule has 4 aromatic rings. The van der Waals surface area contributed by atoms with Crippen LogP contribution < -0.4 is 15.5 Å². The van der Waals surface area contributed by atoms with Crippen LogP contribution in [0.2, 0.25) is 0 Å². The molecule has 9 heteroatoms. The lowest BCUT2D eigenvalue weighted by atomic mass is 9.85. The van der Waals surface area contributed by atoms with E-state index in [4.69, 9.17) is 4.42 Å². The highest BCUT2D eigenvalue weighted by atomic mass is 32.2. The maximum atomic E-state index is 13.6. The molecule has 0 aliphatic carbocycles. The first-order valence-electron chi connectivity index (χ1n) is 12.7. The quantitative estimate of drug-likeness (QED) is 0.243. The number of hydrogen-bond acceptors (Lipinski definition) is 6. The highest BCUT2D eigenvalue weighted by molar-refractivity contribution is 8.03. The molecule has 0 saturated heterocycles. The summed E-state index contributed by atoms with van der Waals surface area (Å²) in [4.78, 5) is 28.7. The number of allylic oxidation sites excluding steroid dienone is 2. The molecule has 0 fully saturated rings. The Labute approximate surface area is 241 Å². The molecule has 204 valence electrons. The first-order chi connectivity index (χ1) is 20.0. The number of thioether (sulfide) groups is 1. The van der Waals surface area contributed by atoms with Crippen molar-refractivity contribution in [3.05, 3.63) is 137 Å². The molecule has 1 aliphatic heterocycles. The standard InChI is InChI=1S/C32H25FN4O3S/c1-21-29(31(39)36-23-16-14-22(33)15-17-23)30(27-13-8-18-40-27)26(19-34)32(35-21)41-20-28(38)37(24-9-4-2-5-10-24)25-11-6-3-7-12-25/h2-18,30,35H,20H2,1H3,(H,36,39)/t30-/m1/s1. The number of nitrogens with zero attached hydrogens (tertiary/aromatic N) is 2. The van der Waals surface area contributed by atoms with Gasteiger partial charge < -0.3 is 15.1 Å². The van der Waals surface area contributed by atoms with E-state index in [1.165, 1.54) is 42.3 Å². The van der Waals surface area contributed by atoms with Crippen molar-refractivity contribution in [1.29, 1.82) is 5.26 Å². The number of amides is 2. The minimum absolute atomic E-state index is 0.0204. The van der Waals surface area contributed by atoms with E-state index in [-0.39, 0.29) is 22.8 Å². The molecule has 1 atom stereocenters. The minimum Gasteiger partial charge on any atom is -0.468 e. The van der Waals surface area contributed by atoms with Crippen LogP contribution in [0.1, 0.15) is 18.6 Å². The fraction of sp³-hybridized carbons (Fsp3) is 0.0938. The number of nitrogens with one attached hydrogen (secondary N) is 2. The molecule has 1 aromatic heterocycles. The van der Waals surface area contributed by atoms with Crippen molar-refractivity contribution in [2.45, 2.75) is 12.8 Å². The van der Waals surface area contributed by atoms with Gasteiger partial charge in [-0.3, -0.25) is 14.5 Å². The molecule has 3 aromatic carbocycles. The Morgan fingerprint density at radius 3 is 2.17 bits per heavy atom. The first kappa shape index (κ1) is 27.5. The van der Waals surface area contributed by atoms with Crippen molar-refractivity contribution in [2.75, 3.05) is 16.0 Å². The number of carbonyl (C=O) groups is 2. The Kier molecular flexibility index (Phi) is 8.32. The normalized spacial score (nSPS) is 14.7. The number of anilines is 3. The molecule has 5 rings (SSSR count). The highest BCUT2D eigenvalue weighted by Gasteiger charge is 2.36. The molecule has 2 N–H and O–H groups in total. The second kappa shape index (κ2) is 12.4. The molecule has 0 unspecified atom stereocenters. The van der Waals surface area contributed by atoms with Gasteiger partial charge in [-0.05, 0) is 67.6 Å². The van der Waals surface area contributed by atoms with E-state index in [1.54, 1.807) is 24.0 Å². The molecule has 0 saturated carbocycles. The summed E-state index contributed by atoms with van der Waals surface area (Å²) in [5.74, 6) is -1.45. The summed E-state index contributed by atoms with van der Waals surface area (Å²) in [6.45, 7) is 1.73. The molecule has 1 aliphatic rings.